The van der Waals surface area contributed by atoms with Gasteiger partial charge in [0.15, 0.2) is 0 Å². The molecule has 0 unspecified atom stereocenters. The van der Waals surface area contributed by atoms with Gasteiger partial charge in [0.2, 0.25) is 0 Å². The molecular weight excluding hydrogens is 226 g/mol. The molecule has 4 nitrogen and oxygen atoms in total. The predicted octanol–water partition coefficient (Wildman–Crippen LogP) is 2.29. The molecule has 0 aromatic carbocycles. The lowest BCUT2D eigenvalue weighted by atomic mass is 9.94. The first kappa shape index (κ1) is 11.9. The van der Waals surface area contributed by atoms with Gasteiger partial charge < -0.3 is 10.1 Å². The number of nitrogens with one attached hydrogen (secondary N) is 1. The fraction of sp³-hybridized carbons (Fsp3) is 0.714. The van der Waals surface area contributed by atoms with E-state index in [1.807, 2.05) is 7.05 Å². The second-order valence-electron chi connectivity index (χ2n) is 5.20. The van der Waals surface area contributed by atoms with Gasteiger partial charge in [-0.1, -0.05) is 0 Å². The number of aromatic nitrogens is 2. The molecule has 1 N–H and O–H groups in total. The van der Waals surface area contributed by atoms with Crippen LogP contribution in [0.2, 0.25) is 0 Å². The first-order valence-electron chi connectivity index (χ1n) is 7.03. The van der Waals surface area contributed by atoms with Gasteiger partial charge in [-0.05, 0) is 38.5 Å². The molecule has 0 atom stereocenters. The number of nitrogens with zero attached hydrogens (tertiary/aromatic N) is 2. The van der Waals surface area contributed by atoms with Crippen molar-refractivity contribution in [1.82, 2.24) is 9.97 Å². The zero-order valence-electron chi connectivity index (χ0n) is 11.0. The molecule has 18 heavy (non-hydrogen) atoms. The Bertz CT molecular complexity index is 410. The first-order valence-corrected chi connectivity index (χ1v) is 7.03. The molecule has 1 aromatic heterocycles. The number of rotatable bonds is 2. The molecule has 0 spiro atoms. The summed E-state index contributed by atoms with van der Waals surface area (Å²) in [7, 11) is 1.96. The summed E-state index contributed by atoms with van der Waals surface area (Å²) in [6.07, 6.45) is 6.88. The van der Waals surface area contributed by atoms with E-state index in [9.17, 15) is 0 Å². The molecule has 0 radical (unpaired) electrons. The molecule has 2 aliphatic rings. The van der Waals surface area contributed by atoms with Crippen LogP contribution in [0.4, 0.5) is 5.82 Å². The quantitative estimate of drug-likeness (QED) is 0.871. The van der Waals surface area contributed by atoms with Crippen LogP contribution in [0.25, 0.3) is 0 Å². The van der Waals surface area contributed by atoms with E-state index in [0.717, 1.165) is 50.5 Å². The van der Waals surface area contributed by atoms with E-state index < -0.39 is 0 Å². The van der Waals surface area contributed by atoms with Crippen LogP contribution in [0.5, 0.6) is 0 Å². The van der Waals surface area contributed by atoms with Gasteiger partial charge in [0.1, 0.15) is 11.6 Å². The van der Waals surface area contributed by atoms with Gasteiger partial charge in [-0.2, -0.15) is 0 Å². The van der Waals surface area contributed by atoms with Crippen molar-refractivity contribution in [3.05, 3.63) is 17.1 Å². The smallest absolute Gasteiger partial charge is 0.134 e. The second kappa shape index (κ2) is 5.22. The Kier molecular flexibility index (Phi) is 3.46. The predicted molar refractivity (Wildman–Crippen MR) is 71.0 cm³/mol. The lowest BCUT2D eigenvalue weighted by Crippen LogP contribution is -2.20. The molecule has 3 rings (SSSR count). The zero-order valence-corrected chi connectivity index (χ0v) is 11.0. The minimum Gasteiger partial charge on any atom is -0.381 e. The van der Waals surface area contributed by atoms with Crippen LogP contribution in [0.3, 0.4) is 0 Å². The molecule has 2 heterocycles. The van der Waals surface area contributed by atoms with Crippen molar-refractivity contribution < 1.29 is 4.74 Å². The summed E-state index contributed by atoms with van der Waals surface area (Å²) in [5.41, 5.74) is 2.63. The standard InChI is InChI=1S/C14H21N3O/c1-15-14-11-4-2-3-5-12(11)16-13(17-14)10-6-8-18-9-7-10/h10H,2-9H2,1H3,(H,15,16,17). The topological polar surface area (TPSA) is 47.0 Å². The highest BCUT2D eigenvalue weighted by molar-refractivity contribution is 5.47. The van der Waals surface area contributed by atoms with E-state index >= 15 is 0 Å². The highest BCUT2D eigenvalue weighted by atomic mass is 16.5. The van der Waals surface area contributed by atoms with Gasteiger partial charge in [0.25, 0.3) is 0 Å². The average Bonchev–Trinajstić information content (AvgIpc) is 2.47. The van der Waals surface area contributed by atoms with Crippen LogP contribution < -0.4 is 5.32 Å². The molecule has 1 aromatic rings. The van der Waals surface area contributed by atoms with Crippen LogP contribution in [-0.4, -0.2) is 30.2 Å². The van der Waals surface area contributed by atoms with Crippen LogP contribution in [0, 0.1) is 0 Å². The molecule has 0 bridgehead atoms. The molecule has 4 heteroatoms. The fourth-order valence-corrected chi connectivity index (χ4v) is 2.96. The maximum Gasteiger partial charge on any atom is 0.134 e. The number of anilines is 1. The SMILES string of the molecule is CNc1nc(C2CCOCC2)nc2c1CCCC2. The first-order chi connectivity index (χ1) is 8.88. The molecule has 1 saturated heterocycles. The third-order valence-corrected chi connectivity index (χ3v) is 4.02. The van der Waals surface area contributed by atoms with Crippen molar-refractivity contribution in [1.29, 1.82) is 0 Å². The zero-order chi connectivity index (χ0) is 12.4. The van der Waals surface area contributed by atoms with Gasteiger partial charge >= 0.3 is 0 Å². The fourth-order valence-electron chi connectivity index (χ4n) is 2.96. The van der Waals surface area contributed by atoms with Gasteiger partial charge in [0, 0.05) is 37.4 Å². The highest BCUT2D eigenvalue weighted by Crippen LogP contribution is 2.30. The summed E-state index contributed by atoms with van der Waals surface area (Å²) in [6.45, 7) is 1.69. The third kappa shape index (κ3) is 2.21. The van der Waals surface area contributed by atoms with E-state index in [-0.39, 0.29) is 0 Å². The van der Waals surface area contributed by atoms with E-state index in [1.165, 1.54) is 24.1 Å². The van der Waals surface area contributed by atoms with Gasteiger partial charge in [-0.15, -0.1) is 0 Å². The summed E-state index contributed by atoms with van der Waals surface area (Å²) in [6, 6.07) is 0. The van der Waals surface area contributed by atoms with Crippen molar-refractivity contribution in [3.8, 4) is 0 Å². The summed E-state index contributed by atoms with van der Waals surface area (Å²) in [4.78, 5) is 9.59. The molecule has 1 aliphatic heterocycles. The number of hydrogen-bond donors (Lipinski definition) is 1. The minimum atomic E-state index is 0.484. The van der Waals surface area contributed by atoms with Gasteiger partial charge in [-0.3, -0.25) is 0 Å². The third-order valence-electron chi connectivity index (χ3n) is 4.02. The van der Waals surface area contributed by atoms with Crippen molar-refractivity contribution in [3.63, 3.8) is 0 Å². The number of ether oxygens (including phenoxy) is 1. The van der Waals surface area contributed by atoms with Gasteiger partial charge in [-0.25, -0.2) is 9.97 Å². The van der Waals surface area contributed by atoms with E-state index in [2.05, 4.69) is 5.32 Å². The Hall–Kier alpha value is -1.16. The number of aryl methyl sites for hydroxylation is 1. The Morgan fingerprint density at radius 3 is 2.67 bits per heavy atom. The molecule has 98 valence electrons. The van der Waals surface area contributed by atoms with Crippen LogP contribution in [0.15, 0.2) is 0 Å². The average molecular weight is 247 g/mol. The van der Waals surface area contributed by atoms with Crippen LogP contribution in [-0.2, 0) is 17.6 Å². The summed E-state index contributed by atoms with van der Waals surface area (Å²) in [5.74, 6) is 2.57. The van der Waals surface area contributed by atoms with Crippen molar-refractivity contribution in [2.75, 3.05) is 25.6 Å². The maximum atomic E-state index is 5.42. The monoisotopic (exact) mass is 247 g/mol. The van der Waals surface area contributed by atoms with Crippen molar-refractivity contribution >= 4 is 5.82 Å². The van der Waals surface area contributed by atoms with Crippen LogP contribution in [0.1, 0.15) is 48.7 Å². The maximum absolute atomic E-state index is 5.42. The van der Waals surface area contributed by atoms with Crippen LogP contribution >= 0.6 is 0 Å². The van der Waals surface area contributed by atoms with E-state index in [0.29, 0.717) is 5.92 Å². The number of fused-ring (bicyclic) bond motifs is 1. The van der Waals surface area contributed by atoms with Gasteiger partial charge in [0.05, 0.1) is 0 Å². The molecular formula is C14H21N3O. The second-order valence-corrected chi connectivity index (χ2v) is 5.20. The lowest BCUT2D eigenvalue weighted by Gasteiger charge is -2.24. The Balaban J connectivity index is 1.94. The number of hydrogen-bond acceptors (Lipinski definition) is 4. The van der Waals surface area contributed by atoms with E-state index in [1.54, 1.807) is 0 Å². The normalized spacial score (nSPS) is 20.5. The molecule has 1 aliphatic carbocycles. The lowest BCUT2D eigenvalue weighted by molar-refractivity contribution is 0.0835. The summed E-state index contributed by atoms with van der Waals surface area (Å²) < 4.78 is 5.42. The van der Waals surface area contributed by atoms with Crippen molar-refractivity contribution in [2.24, 2.45) is 0 Å². The summed E-state index contributed by atoms with van der Waals surface area (Å²) >= 11 is 0. The largest absolute Gasteiger partial charge is 0.381 e. The van der Waals surface area contributed by atoms with Crippen molar-refractivity contribution in [2.45, 2.75) is 44.4 Å². The molecule has 1 fully saturated rings. The Labute approximate surface area is 108 Å². The molecule has 0 saturated carbocycles. The van der Waals surface area contributed by atoms with E-state index in [4.69, 9.17) is 14.7 Å². The minimum absolute atomic E-state index is 0.484. The Morgan fingerprint density at radius 1 is 1.11 bits per heavy atom. The molecule has 0 amide bonds. The Morgan fingerprint density at radius 2 is 1.89 bits per heavy atom. The summed E-state index contributed by atoms with van der Waals surface area (Å²) in [5, 5.41) is 3.25. The highest BCUT2D eigenvalue weighted by Gasteiger charge is 2.23.